The molecule has 0 aromatic rings. The van der Waals surface area contributed by atoms with Gasteiger partial charge in [-0.25, -0.2) is 0 Å². The lowest BCUT2D eigenvalue weighted by atomic mass is 9.83. The van der Waals surface area contributed by atoms with E-state index in [1.807, 2.05) is 0 Å². The normalized spacial score (nSPS) is 26.9. The minimum absolute atomic E-state index is 0.0369. The molecule has 1 saturated carbocycles. The molecule has 0 radical (unpaired) electrons. The highest BCUT2D eigenvalue weighted by Crippen LogP contribution is 2.29. The van der Waals surface area contributed by atoms with Gasteiger partial charge < -0.3 is 9.47 Å². The first-order valence-electron chi connectivity index (χ1n) is 5.89. The predicted octanol–water partition coefficient (Wildman–Crippen LogP) is 1.92. The number of ether oxygens (including phenoxy) is 2. The Labute approximate surface area is 96.3 Å². The molecule has 0 aromatic carbocycles. The van der Waals surface area contributed by atoms with Gasteiger partial charge in [0, 0.05) is 0 Å². The zero-order valence-electron chi connectivity index (χ0n) is 9.98. The summed E-state index contributed by atoms with van der Waals surface area (Å²) >= 11 is 0. The van der Waals surface area contributed by atoms with Gasteiger partial charge in [0.15, 0.2) is 0 Å². The van der Waals surface area contributed by atoms with Gasteiger partial charge in [-0.15, -0.1) is 0 Å². The fourth-order valence-electron chi connectivity index (χ4n) is 2.00. The molecule has 0 N–H and O–H groups in total. The summed E-state index contributed by atoms with van der Waals surface area (Å²) in [5.74, 6) is 0.614. The lowest BCUT2D eigenvalue weighted by Gasteiger charge is -2.25. The van der Waals surface area contributed by atoms with Crippen molar-refractivity contribution < 1.29 is 19.1 Å². The summed E-state index contributed by atoms with van der Waals surface area (Å²) in [6, 6.07) is 0. The Bertz CT molecular complexity index is 231. The molecule has 1 fully saturated rings. The van der Waals surface area contributed by atoms with Crippen molar-refractivity contribution in [3.05, 3.63) is 0 Å². The summed E-state index contributed by atoms with van der Waals surface area (Å²) < 4.78 is 9.75. The van der Waals surface area contributed by atoms with Gasteiger partial charge in [-0.3, -0.25) is 9.59 Å². The van der Waals surface area contributed by atoms with E-state index in [2.05, 4.69) is 11.7 Å². The molecule has 0 bridgehead atoms. The number of hydrogen-bond donors (Lipinski definition) is 0. The van der Waals surface area contributed by atoms with Gasteiger partial charge >= 0.3 is 5.97 Å². The van der Waals surface area contributed by atoms with E-state index < -0.39 is 0 Å². The van der Waals surface area contributed by atoms with Crippen LogP contribution in [0.5, 0.6) is 0 Å². The number of hydrogen-bond acceptors (Lipinski definition) is 4. The quantitative estimate of drug-likeness (QED) is 0.533. The van der Waals surface area contributed by atoms with Crippen LogP contribution in [0.4, 0.5) is 0 Å². The number of carbonyl (C=O) groups is 2. The molecule has 92 valence electrons. The molecule has 0 heterocycles. The van der Waals surface area contributed by atoms with Crippen molar-refractivity contribution in [3.63, 3.8) is 0 Å². The molecule has 4 nitrogen and oxygen atoms in total. The SMILES string of the molecule is CC1CCC(C(=O)OC(C)COC=O)CC1. The summed E-state index contributed by atoms with van der Waals surface area (Å²) in [4.78, 5) is 21.7. The second-order valence-electron chi connectivity index (χ2n) is 4.63. The van der Waals surface area contributed by atoms with Crippen LogP contribution >= 0.6 is 0 Å². The smallest absolute Gasteiger partial charge is 0.309 e. The van der Waals surface area contributed by atoms with E-state index >= 15 is 0 Å². The van der Waals surface area contributed by atoms with Crippen molar-refractivity contribution in [2.24, 2.45) is 11.8 Å². The molecule has 0 aliphatic heterocycles. The fourth-order valence-corrected chi connectivity index (χ4v) is 2.00. The maximum absolute atomic E-state index is 11.7. The highest BCUT2D eigenvalue weighted by atomic mass is 16.6. The highest BCUT2D eigenvalue weighted by molar-refractivity contribution is 5.72. The first-order chi connectivity index (χ1) is 7.63. The van der Waals surface area contributed by atoms with Crippen molar-refractivity contribution in [1.82, 2.24) is 0 Å². The molecule has 1 atom stereocenters. The van der Waals surface area contributed by atoms with Gasteiger partial charge in [0.25, 0.3) is 6.47 Å². The molecule has 1 aliphatic carbocycles. The summed E-state index contributed by atoms with van der Waals surface area (Å²) in [5.41, 5.74) is 0. The summed E-state index contributed by atoms with van der Waals surface area (Å²) in [6.07, 6.45) is 3.68. The second-order valence-corrected chi connectivity index (χ2v) is 4.63. The van der Waals surface area contributed by atoms with Gasteiger partial charge in [-0.2, -0.15) is 0 Å². The van der Waals surface area contributed by atoms with Gasteiger partial charge in [0.05, 0.1) is 5.92 Å². The van der Waals surface area contributed by atoms with E-state index in [0.29, 0.717) is 6.47 Å². The van der Waals surface area contributed by atoms with E-state index in [1.165, 1.54) is 0 Å². The van der Waals surface area contributed by atoms with Crippen LogP contribution in [0.25, 0.3) is 0 Å². The molecule has 0 aromatic heterocycles. The maximum Gasteiger partial charge on any atom is 0.309 e. The minimum atomic E-state index is -0.350. The van der Waals surface area contributed by atoms with Crippen LogP contribution in [-0.4, -0.2) is 25.2 Å². The molecular formula is C12H20O4. The van der Waals surface area contributed by atoms with Crippen LogP contribution in [0.15, 0.2) is 0 Å². The third-order valence-corrected chi connectivity index (χ3v) is 3.07. The second kappa shape index (κ2) is 6.51. The van der Waals surface area contributed by atoms with E-state index in [0.717, 1.165) is 31.6 Å². The van der Waals surface area contributed by atoms with Crippen molar-refractivity contribution in [1.29, 1.82) is 0 Å². The van der Waals surface area contributed by atoms with Crippen LogP contribution < -0.4 is 0 Å². The Morgan fingerprint density at radius 3 is 2.56 bits per heavy atom. The van der Waals surface area contributed by atoms with E-state index in [-0.39, 0.29) is 24.6 Å². The van der Waals surface area contributed by atoms with E-state index in [4.69, 9.17) is 4.74 Å². The van der Waals surface area contributed by atoms with Crippen molar-refractivity contribution in [3.8, 4) is 0 Å². The summed E-state index contributed by atoms with van der Waals surface area (Å²) in [5, 5.41) is 0. The van der Waals surface area contributed by atoms with Gasteiger partial charge in [-0.05, 0) is 38.5 Å². The molecule has 16 heavy (non-hydrogen) atoms. The van der Waals surface area contributed by atoms with Crippen molar-refractivity contribution >= 4 is 12.4 Å². The first-order valence-corrected chi connectivity index (χ1v) is 5.89. The topological polar surface area (TPSA) is 52.6 Å². The zero-order chi connectivity index (χ0) is 12.0. The van der Waals surface area contributed by atoms with Crippen LogP contribution in [0.2, 0.25) is 0 Å². The minimum Gasteiger partial charge on any atom is -0.464 e. The molecule has 0 saturated heterocycles. The molecule has 1 rings (SSSR count). The Hall–Kier alpha value is -1.06. The number of carbonyl (C=O) groups excluding carboxylic acids is 2. The summed E-state index contributed by atoms with van der Waals surface area (Å²) in [7, 11) is 0. The molecule has 4 heteroatoms. The lowest BCUT2D eigenvalue weighted by Crippen LogP contribution is -2.28. The van der Waals surface area contributed by atoms with Gasteiger partial charge in [0.2, 0.25) is 0 Å². The Kier molecular flexibility index (Phi) is 5.29. The number of rotatable bonds is 5. The molecular weight excluding hydrogens is 208 g/mol. The fraction of sp³-hybridized carbons (Fsp3) is 0.833. The molecule has 1 unspecified atom stereocenters. The van der Waals surface area contributed by atoms with Crippen LogP contribution in [-0.2, 0) is 19.1 Å². The Morgan fingerprint density at radius 2 is 2.00 bits per heavy atom. The highest BCUT2D eigenvalue weighted by Gasteiger charge is 2.26. The summed E-state index contributed by atoms with van der Waals surface area (Å²) in [6.45, 7) is 4.44. The van der Waals surface area contributed by atoms with E-state index in [9.17, 15) is 9.59 Å². The number of esters is 1. The van der Waals surface area contributed by atoms with Crippen LogP contribution in [0.3, 0.4) is 0 Å². The van der Waals surface area contributed by atoms with Crippen molar-refractivity contribution in [2.45, 2.75) is 45.6 Å². The molecule has 0 amide bonds. The first kappa shape index (κ1) is 13.0. The van der Waals surface area contributed by atoms with E-state index in [1.54, 1.807) is 6.92 Å². The van der Waals surface area contributed by atoms with Gasteiger partial charge in [-0.1, -0.05) is 6.92 Å². The monoisotopic (exact) mass is 228 g/mol. The standard InChI is InChI=1S/C12H20O4/c1-9-3-5-11(6-4-9)12(14)16-10(2)7-15-8-13/h8-11H,3-7H2,1-2H3. The maximum atomic E-state index is 11.7. The average Bonchev–Trinajstić information content (AvgIpc) is 2.27. The molecule has 1 aliphatic rings. The van der Waals surface area contributed by atoms with Gasteiger partial charge in [0.1, 0.15) is 12.7 Å². The Balaban J connectivity index is 2.26. The molecule has 0 spiro atoms. The third kappa shape index (κ3) is 4.21. The van der Waals surface area contributed by atoms with Crippen molar-refractivity contribution in [2.75, 3.05) is 6.61 Å². The Morgan fingerprint density at radius 1 is 1.38 bits per heavy atom. The largest absolute Gasteiger partial charge is 0.464 e. The van der Waals surface area contributed by atoms with Crippen LogP contribution in [0.1, 0.15) is 39.5 Å². The lowest BCUT2D eigenvalue weighted by molar-refractivity contribution is -0.159. The van der Waals surface area contributed by atoms with Crippen LogP contribution in [0, 0.1) is 11.8 Å². The third-order valence-electron chi connectivity index (χ3n) is 3.07. The predicted molar refractivity (Wildman–Crippen MR) is 58.7 cm³/mol. The average molecular weight is 228 g/mol. The zero-order valence-corrected chi connectivity index (χ0v) is 9.98.